The number of hydrogen-bond acceptors (Lipinski definition) is 3. The molecule has 2 saturated heterocycles. The van der Waals surface area contributed by atoms with Crippen molar-refractivity contribution in [3.05, 3.63) is 35.4 Å². The number of likely N-dealkylation sites (tertiary alicyclic amines) is 1. The fourth-order valence-corrected chi connectivity index (χ4v) is 3.98. The first kappa shape index (κ1) is 14.2. The van der Waals surface area contributed by atoms with Crippen LogP contribution in [0.2, 0.25) is 0 Å². The fourth-order valence-electron chi connectivity index (χ4n) is 3.98. The third-order valence-electron chi connectivity index (χ3n) is 5.43. The molecule has 1 amide bonds. The van der Waals surface area contributed by atoms with Gasteiger partial charge in [-0.25, -0.2) is 0 Å². The molecule has 2 fully saturated rings. The molecule has 2 heterocycles. The maximum absolute atomic E-state index is 12.7. The number of benzene rings is 1. The van der Waals surface area contributed by atoms with Gasteiger partial charge in [0.25, 0.3) is 0 Å². The molecule has 0 bridgehead atoms. The summed E-state index contributed by atoms with van der Waals surface area (Å²) < 4.78 is 5.40. The molecule has 2 aliphatic heterocycles. The van der Waals surface area contributed by atoms with Gasteiger partial charge in [0, 0.05) is 38.1 Å². The predicted molar refractivity (Wildman–Crippen MR) is 84.7 cm³/mol. The highest BCUT2D eigenvalue weighted by atomic mass is 16.5. The Morgan fingerprint density at radius 1 is 1.09 bits per heavy atom. The van der Waals surface area contributed by atoms with Crippen LogP contribution in [0.1, 0.15) is 17.5 Å². The average molecular weight is 300 g/mol. The Kier molecular flexibility index (Phi) is 3.89. The maximum Gasteiger partial charge on any atom is 0.226 e. The molecular weight excluding hydrogens is 276 g/mol. The molecule has 0 aromatic heterocycles. The van der Waals surface area contributed by atoms with Gasteiger partial charge < -0.3 is 9.64 Å². The third-order valence-corrected chi connectivity index (χ3v) is 5.43. The van der Waals surface area contributed by atoms with E-state index in [4.69, 9.17) is 4.74 Å². The molecule has 0 spiro atoms. The van der Waals surface area contributed by atoms with E-state index in [0.29, 0.717) is 11.9 Å². The topological polar surface area (TPSA) is 32.8 Å². The second-order valence-electron chi connectivity index (χ2n) is 6.75. The van der Waals surface area contributed by atoms with Crippen LogP contribution in [0, 0.1) is 5.92 Å². The van der Waals surface area contributed by atoms with E-state index in [-0.39, 0.29) is 5.92 Å². The first-order valence-corrected chi connectivity index (χ1v) is 8.48. The molecule has 4 nitrogen and oxygen atoms in total. The minimum absolute atomic E-state index is 0.195. The number of fused-ring (bicyclic) bond motifs is 1. The summed E-state index contributed by atoms with van der Waals surface area (Å²) in [5, 5.41) is 0. The SMILES string of the molecule is O=C([C@@H]1CCc2ccccc2C1)N1CC(N2CCOCC2)C1. The molecule has 1 aromatic rings. The zero-order valence-corrected chi connectivity index (χ0v) is 13.0. The third kappa shape index (κ3) is 2.66. The molecule has 0 N–H and O–H groups in total. The molecule has 4 rings (SSSR count). The largest absolute Gasteiger partial charge is 0.379 e. The van der Waals surface area contributed by atoms with E-state index in [1.807, 2.05) is 0 Å². The van der Waals surface area contributed by atoms with Crippen LogP contribution in [-0.4, -0.2) is 61.1 Å². The minimum atomic E-state index is 0.195. The van der Waals surface area contributed by atoms with E-state index in [1.54, 1.807) is 0 Å². The van der Waals surface area contributed by atoms with Gasteiger partial charge in [-0.3, -0.25) is 9.69 Å². The van der Waals surface area contributed by atoms with Gasteiger partial charge in [-0.05, 0) is 30.4 Å². The van der Waals surface area contributed by atoms with Crippen molar-refractivity contribution in [3.8, 4) is 0 Å². The number of amides is 1. The highest BCUT2D eigenvalue weighted by Gasteiger charge is 2.38. The number of ether oxygens (including phenoxy) is 1. The van der Waals surface area contributed by atoms with Crippen LogP contribution >= 0.6 is 0 Å². The van der Waals surface area contributed by atoms with Gasteiger partial charge in [-0.15, -0.1) is 0 Å². The Morgan fingerprint density at radius 3 is 2.59 bits per heavy atom. The lowest BCUT2D eigenvalue weighted by Gasteiger charge is -2.47. The Bertz CT molecular complexity index is 548. The monoisotopic (exact) mass is 300 g/mol. The van der Waals surface area contributed by atoms with E-state index >= 15 is 0 Å². The molecule has 118 valence electrons. The zero-order valence-electron chi connectivity index (χ0n) is 13.0. The lowest BCUT2D eigenvalue weighted by molar-refractivity contribution is -0.144. The van der Waals surface area contributed by atoms with Crippen molar-refractivity contribution in [2.75, 3.05) is 39.4 Å². The Labute approximate surface area is 132 Å². The van der Waals surface area contributed by atoms with Gasteiger partial charge in [-0.1, -0.05) is 24.3 Å². The van der Waals surface area contributed by atoms with Gasteiger partial charge in [0.15, 0.2) is 0 Å². The Morgan fingerprint density at radius 2 is 1.82 bits per heavy atom. The fraction of sp³-hybridized carbons (Fsp3) is 0.611. The summed E-state index contributed by atoms with van der Waals surface area (Å²) in [6, 6.07) is 9.13. The molecule has 22 heavy (non-hydrogen) atoms. The van der Waals surface area contributed by atoms with E-state index in [9.17, 15) is 4.79 Å². The number of morpholine rings is 1. The van der Waals surface area contributed by atoms with Gasteiger partial charge >= 0.3 is 0 Å². The van der Waals surface area contributed by atoms with Gasteiger partial charge in [0.1, 0.15) is 0 Å². The van der Waals surface area contributed by atoms with Crippen LogP contribution in [0.4, 0.5) is 0 Å². The number of rotatable bonds is 2. The van der Waals surface area contributed by atoms with Crippen molar-refractivity contribution in [3.63, 3.8) is 0 Å². The number of carbonyl (C=O) groups excluding carboxylic acids is 1. The summed E-state index contributed by atoms with van der Waals surface area (Å²) in [5.74, 6) is 0.569. The molecular formula is C18H24N2O2. The number of hydrogen-bond donors (Lipinski definition) is 0. The second kappa shape index (κ2) is 6.01. The molecule has 3 aliphatic rings. The summed E-state index contributed by atoms with van der Waals surface area (Å²) in [6.45, 7) is 5.54. The summed E-state index contributed by atoms with van der Waals surface area (Å²) in [4.78, 5) is 17.2. The first-order chi connectivity index (χ1) is 10.8. The van der Waals surface area contributed by atoms with Crippen LogP contribution in [0.15, 0.2) is 24.3 Å². The van der Waals surface area contributed by atoms with Crippen LogP contribution in [0.5, 0.6) is 0 Å². The van der Waals surface area contributed by atoms with E-state index in [2.05, 4.69) is 34.1 Å². The van der Waals surface area contributed by atoms with Crippen molar-refractivity contribution in [1.29, 1.82) is 0 Å². The van der Waals surface area contributed by atoms with E-state index < -0.39 is 0 Å². The highest BCUT2D eigenvalue weighted by molar-refractivity contribution is 5.80. The summed E-state index contributed by atoms with van der Waals surface area (Å²) in [5.41, 5.74) is 2.80. The van der Waals surface area contributed by atoms with Crippen molar-refractivity contribution in [2.45, 2.75) is 25.3 Å². The van der Waals surface area contributed by atoms with Crippen molar-refractivity contribution >= 4 is 5.91 Å². The van der Waals surface area contributed by atoms with Gasteiger partial charge in [0.2, 0.25) is 5.91 Å². The van der Waals surface area contributed by atoms with Crippen LogP contribution in [0.3, 0.4) is 0 Å². The number of aryl methyl sites for hydroxylation is 1. The molecule has 1 atom stereocenters. The lowest BCUT2D eigenvalue weighted by atomic mass is 9.82. The summed E-state index contributed by atoms with van der Waals surface area (Å²) >= 11 is 0. The number of nitrogens with zero attached hydrogens (tertiary/aromatic N) is 2. The number of carbonyl (C=O) groups is 1. The zero-order chi connectivity index (χ0) is 14.9. The Hall–Kier alpha value is -1.39. The molecule has 0 unspecified atom stereocenters. The predicted octanol–water partition coefficient (Wildman–Crippen LogP) is 1.33. The summed E-state index contributed by atoms with van der Waals surface area (Å²) in [7, 11) is 0. The smallest absolute Gasteiger partial charge is 0.226 e. The molecule has 1 aromatic carbocycles. The summed E-state index contributed by atoms with van der Waals surface area (Å²) in [6.07, 6.45) is 2.98. The van der Waals surface area contributed by atoms with Gasteiger partial charge in [-0.2, -0.15) is 0 Å². The molecule has 1 aliphatic carbocycles. The van der Waals surface area contributed by atoms with Gasteiger partial charge in [0.05, 0.1) is 13.2 Å². The first-order valence-electron chi connectivity index (χ1n) is 8.48. The van der Waals surface area contributed by atoms with Crippen molar-refractivity contribution < 1.29 is 9.53 Å². The molecule has 0 radical (unpaired) electrons. The maximum atomic E-state index is 12.7. The molecule has 4 heteroatoms. The van der Waals surface area contributed by atoms with Crippen molar-refractivity contribution in [2.24, 2.45) is 5.92 Å². The van der Waals surface area contributed by atoms with Crippen LogP contribution in [-0.2, 0) is 22.4 Å². The quantitative estimate of drug-likeness (QED) is 0.826. The standard InChI is InChI=1S/C18H24N2O2/c21-18(16-6-5-14-3-1-2-4-15(14)11-16)20-12-17(13-20)19-7-9-22-10-8-19/h1-4,16-17H,5-13H2/t16-/m1/s1. The van der Waals surface area contributed by atoms with Crippen LogP contribution in [0.25, 0.3) is 0 Å². The normalized spacial score (nSPS) is 26.4. The highest BCUT2D eigenvalue weighted by Crippen LogP contribution is 2.28. The minimum Gasteiger partial charge on any atom is -0.379 e. The molecule has 0 saturated carbocycles. The van der Waals surface area contributed by atoms with Crippen LogP contribution < -0.4 is 0 Å². The average Bonchev–Trinajstić information content (AvgIpc) is 2.54. The van der Waals surface area contributed by atoms with E-state index in [1.165, 1.54) is 11.1 Å². The van der Waals surface area contributed by atoms with E-state index in [0.717, 1.165) is 58.7 Å². The second-order valence-corrected chi connectivity index (χ2v) is 6.75. The van der Waals surface area contributed by atoms with Crippen molar-refractivity contribution in [1.82, 2.24) is 9.80 Å². The Balaban J connectivity index is 1.32. The lowest BCUT2D eigenvalue weighted by Crippen LogP contribution is -2.63.